The van der Waals surface area contributed by atoms with Crippen molar-refractivity contribution in [2.75, 3.05) is 18.1 Å². The molecule has 88 valence electrons. The molecule has 0 aliphatic carbocycles. The van der Waals surface area contributed by atoms with Crippen LogP contribution in [0.3, 0.4) is 0 Å². The van der Waals surface area contributed by atoms with E-state index < -0.39 is 0 Å². The van der Waals surface area contributed by atoms with Crippen LogP contribution in [0.4, 0.5) is 5.69 Å². The highest BCUT2D eigenvalue weighted by molar-refractivity contribution is 5.56. The SMILES string of the molecule is CCCC(CO)N1CCCc2ccccc21. The van der Waals surface area contributed by atoms with Gasteiger partial charge in [0.1, 0.15) is 0 Å². The minimum atomic E-state index is 0.266. The van der Waals surface area contributed by atoms with Crippen LogP contribution in [0.25, 0.3) is 0 Å². The quantitative estimate of drug-likeness (QED) is 0.841. The first kappa shape index (κ1) is 11.5. The van der Waals surface area contributed by atoms with Crippen LogP contribution in [-0.4, -0.2) is 24.3 Å². The van der Waals surface area contributed by atoms with Crippen molar-refractivity contribution in [3.63, 3.8) is 0 Å². The summed E-state index contributed by atoms with van der Waals surface area (Å²) in [7, 11) is 0. The molecule has 0 spiro atoms. The first-order valence-corrected chi connectivity index (χ1v) is 6.32. The van der Waals surface area contributed by atoms with Gasteiger partial charge in [-0.25, -0.2) is 0 Å². The molecule has 1 aromatic rings. The maximum absolute atomic E-state index is 9.49. The summed E-state index contributed by atoms with van der Waals surface area (Å²) in [6.07, 6.45) is 4.59. The van der Waals surface area contributed by atoms with Crippen LogP contribution in [0.2, 0.25) is 0 Å². The van der Waals surface area contributed by atoms with Gasteiger partial charge in [0.2, 0.25) is 0 Å². The summed E-state index contributed by atoms with van der Waals surface area (Å²) in [5.74, 6) is 0. The number of fused-ring (bicyclic) bond motifs is 1. The summed E-state index contributed by atoms with van der Waals surface area (Å²) in [5.41, 5.74) is 2.77. The van der Waals surface area contributed by atoms with Crippen LogP contribution in [0.1, 0.15) is 31.7 Å². The van der Waals surface area contributed by atoms with Crippen molar-refractivity contribution in [1.29, 1.82) is 0 Å². The zero-order valence-corrected chi connectivity index (χ0v) is 10.0. The van der Waals surface area contributed by atoms with Gasteiger partial charge < -0.3 is 10.0 Å². The number of aryl methyl sites for hydroxylation is 1. The largest absolute Gasteiger partial charge is 0.394 e. The summed E-state index contributed by atoms with van der Waals surface area (Å²) in [5, 5.41) is 9.49. The van der Waals surface area contributed by atoms with E-state index in [4.69, 9.17) is 0 Å². The highest BCUT2D eigenvalue weighted by Gasteiger charge is 2.22. The molecule has 1 aliphatic heterocycles. The Labute approximate surface area is 97.9 Å². The van der Waals surface area contributed by atoms with Gasteiger partial charge in [0, 0.05) is 12.2 Å². The Morgan fingerprint density at radius 3 is 2.94 bits per heavy atom. The average Bonchev–Trinajstić information content (AvgIpc) is 2.35. The van der Waals surface area contributed by atoms with E-state index in [9.17, 15) is 5.11 Å². The first-order chi connectivity index (χ1) is 7.86. The van der Waals surface area contributed by atoms with Crippen LogP contribution in [0, 0.1) is 0 Å². The number of rotatable bonds is 4. The Hall–Kier alpha value is -1.02. The lowest BCUT2D eigenvalue weighted by Crippen LogP contribution is -2.41. The number of hydrogen-bond donors (Lipinski definition) is 1. The topological polar surface area (TPSA) is 23.5 Å². The van der Waals surface area contributed by atoms with Crippen molar-refractivity contribution < 1.29 is 5.11 Å². The number of anilines is 1. The standard InChI is InChI=1S/C14H21NO/c1-2-6-13(11-16)15-10-5-8-12-7-3-4-9-14(12)15/h3-4,7,9,13,16H,2,5-6,8,10-11H2,1H3. The van der Waals surface area contributed by atoms with Gasteiger partial charge in [0.05, 0.1) is 12.6 Å². The van der Waals surface area contributed by atoms with Crippen molar-refractivity contribution in [2.45, 2.75) is 38.6 Å². The van der Waals surface area contributed by atoms with Gasteiger partial charge >= 0.3 is 0 Å². The van der Waals surface area contributed by atoms with E-state index in [0.717, 1.165) is 19.4 Å². The van der Waals surface area contributed by atoms with Crippen molar-refractivity contribution in [3.05, 3.63) is 29.8 Å². The summed E-state index contributed by atoms with van der Waals surface area (Å²) in [6, 6.07) is 8.90. The molecule has 0 radical (unpaired) electrons. The van der Waals surface area contributed by atoms with Crippen LogP contribution in [0.15, 0.2) is 24.3 Å². The Morgan fingerprint density at radius 1 is 1.38 bits per heavy atom. The van der Waals surface area contributed by atoms with Gasteiger partial charge in [0.25, 0.3) is 0 Å². The van der Waals surface area contributed by atoms with E-state index in [1.165, 1.54) is 24.1 Å². The maximum atomic E-state index is 9.49. The normalized spacial score (nSPS) is 17.0. The molecule has 0 fully saturated rings. The monoisotopic (exact) mass is 219 g/mol. The summed E-state index contributed by atoms with van der Waals surface area (Å²) < 4.78 is 0. The molecule has 1 unspecified atom stereocenters. The third kappa shape index (κ3) is 2.22. The molecule has 2 nitrogen and oxygen atoms in total. The third-order valence-corrected chi connectivity index (χ3v) is 3.42. The Kier molecular flexibility index (Phi) is 3.83. The molecule has 1 atom stereocenters. The van der Waals surface area contributed by atoms with Gasteiger partial charge in [0.15, 0.2) is 0 Å². The molecule has 1 N–H and O–H groups in total. The zero-order valence-electron chi connectivity index (χ0n) is 10.0. The van der Waals surface area contributed by atoms with E-state index in [1.54, 1.807) is 0 Å². The van der Waals surface area contributed by atoms with Gasteiger partial charge in [-0.15, -0.1) is 0 Å². The molecular weight excluding hydrogens is 198 g/mol. The smallest absolute Gasteiger partial charge is 0.0635 e. The van der Waals surface area contributed by atoms with Crippen LogP contribution < -0.4 is 4.90 Å². The Morgan fingerprint density at radius 2 is 2.19 bits per heavy atom. The summed E-state index contributed by atoms with van der Waals surface area (Å²) >= 11 is 0. The molecular formula is C14H21NO. The zero-order chi connectivity index (χ0) is 11.4. The molecule has 16 heavy (non-hydrogen) atoms. The van der Waals surface area contributed by atoms with Crippen molar-refractivity contribution in [1.82, 2.24) is 0 Å². The molecule has 1 heterocycles. The maximum Gasteiger partial charge on any atom is 0.0635 e. The molecule has 0 saturated carbocycles. The fourth-order valence-corrected chi connectivity index (χ4v) is 2.62. The second-order valence-electron chi connectivity index (χ2n) is 4.55. The number of para-hydroxylation sites is 1. The molecule has 1 aliphatic rings. The van der Waals surface area contributed by atoms with E-state index >= 15 is 0 Å². The third-order valence-electron chi connectivity index (χ3n) is 3.42. The highest BCUT2D eigenvalue weighted by Crippen LogP contribution is 2.29. The average molecular weight is 219 g/mol. The van der Waals surface area contributed by atoms with E-state index in [2.05, 4.69) is 36.1 Å². The Bertz CT molecular complexity index is 337. The number of nitrogens with zero attached hydrogens (tertiary/aromatic N) is 1. The number of benzene rings is 1. The lowest BCUT2D eigenvalue weighted by atomic mass is 9.99. The number of hydrogen-bond acceptors (Lipinski definition) is 2. The minimum Gasteiger partial charge on any atom is -0.394 e. The lowest BCUT2D eigenvalue weighted by Gasteiger charge is -2.37. The molecule has 0 bridgehead atoms. The fraction of sp³-hybridized carbons (Fsp3) is 0.571. The van der Waals surface area contributed by atoms with E-state index in [0.29, 0.717) is 6.04 Å². The lowest BCUT2D eigenvalue weighted by molar-refractivity contribution is 0.250. The number of aliphatic hydroxyl groups is 1. The first-order valence-electron chi connectivity index (χ1n) is 6.32. The van der Waals surface area contributed by atoms with Crippen LogP contribution >= 0.6 is 0 Å². The molecule has 0 saturated heterocycles. The van der Waals surface area contributed by atoms with Gasteiger partial charge in [-0.05, 0) is 30.9 Å². The second-order valence-corrected chi connectivity index (χ2v) is 4.55. The molecule has 0 aromatic heterocycles. The van der Waals surface area contributed by atoms with Crippen molar-refractivity contribution in [2.24, 2.45) is 0 Å². The van der Waals surface area contributed by atoms with Gasteiger partial charge in [-0.1, -0.05) is 31.5 Å². The van der Waals surface area contributed by atoms with E-state index in [-0.39, 0.29) is 6.61 Å². The Balaban J connectivity index is 2.23. The molecule has 1 aromatic carbocycles. The summed E-state index contributed by atoms with van der Waals surface area (Å²) in [4.78, 5) is 2.39. The molecule has 2 rings (SSSR count). The highest BCUT2D eigenvalue weighted by atomic mass is 16.3. The van der Waals surface area contributed by atoms with Crippen molar-refractivity contribution >= 4 is 5.69 Å². The predicted molar refractivity (Wildman–Crippen MR) is 67.9 cm³/mol. The van der Waals surface area contributed by atoms with Crippen LogP contribution in [-0.2, 0) is 6.42 Å². The molecule has 2 heteroatoms. The second kappa shape index (κ2) is 5.35. The van der Waals surface area contributed by atoms with E-state index in [1.807, 2.05) is 0 Å². The van der Waals surface area contributed by atoms with Gasteiger partial charge in [-0.2, -0.15) is 0 Å². The fourth-order valence-electron chi connectivity index (χ4n) is 2.62. The summed E-state index contributed by atoms with van der Waals surface area (Å²) in [6.45, 7) is 3.53. The predicted octanol–water partition coefficient (Wildman–Crippen LogP) is 2.60. The number of aliphatic hydroxyl groups excluding tert-OH is 1. The van der Waals surface area contributed by atoms with Crippen molar-refractivity contribution in [3.8, 4) is 0 Å². The minimum absolute atomic E-state index is 0.266. The van der Waals surface area contributed by atoms with Crippen LogP contribution in [0.5, 0.6) is 0 Å². The van der Waals surface area contributed by atoms with Gasteiger partial charge in [-0.3, -0.25) is 0 Å². The molecule has 0 amide bonds.